The maximum absolute atomic E-state index is 11.8. The van der Waals surface area contributed by atoms with Gasteiger partial charge in [0.1, 0.15) is 0 Å². The largest absolute Gasteiger partial charge is 0.478 e. The number of rotatable bonds is 4. The highest BCUT2D eigenvalue weighted by Crippen LogP contribution is 2.29. The first-order chi connectivity index (χ1) is 9.88. The molecule has 0 aromatic carbocycles. The van der Waals surface area contributed by atoms with Crippen LogP contribution in [0.2, 0.25) is 0 Å². The van der Waals surface area contributed by atoms with Gasteiger partial charge in [-0.25, -0.2) is 9.59 Å². The number of urea groups is 1. The van der Waals surface area contributed by atoms with Crippen molar-refractivity contribution in [2.24, 2.45) is 0 Å². The van der Waals surface area contributed by atoms with Crippen molar-refractivity contribution in [2.45, 2.75) is 45.2 Å². The standard InChI is InChI=1S/C14H21N3O4/c1-8(9(2)13(19)20)12(18)16-14(21)15-10-5-6-17(7-10)11-3-4-11/h10-11H,3-7H2,1-2H3,(H,19,20)(H2,15,16,18,21). The van der Waals surface area contributed by atoms with Gasteiger partial charge in [0, 0.05) is 36.3 Å². The number of hydrogen-bond acceptors (Lipinski definition) is 4. The van der Waals surface area contributed by atoms with Gasteiger partial charge in [-0.05, 0) is 33.1 Å². The van der Waals surface area contributed by atoms with E-state index in [0.717, 1.165) is 19.5 Å². The molecule has 0 spiro atoms. The molecule has 3 N–H and O–H groups in total. The Balaban J connectivity index is 1.80. The maximum atomic E-state index is 11.8. The number of nitrogens with zero attached hydrogens (tertiary/aromatic N) is 1. The predicted octanol–water partition coefficient (Wildman–Crippen LogP) is 0.470. The molecule has 7 heteroatoms. The fraction of sp³-hybridized carbons (Fsp3) is 0.643. The van der Waals surface area contributed by atoms with Crippen molar-refractivity contribution in [3.05, 3.63) is 11.1 Å². The third kappa shape index (κ3) is 4.04. The Morgan fingerprint density at radius 3 is 2.33 bits per heavy atom. The molecule has 3 amide bonds. The Morgan fingerprint density at radius 2 is 1.76 bits per heavy atom. The van der Waals surface area contributed by atoms with Gasteiger partial charge in [-0.2, -0.15) is 0 Å². The van der Waals surface area contributed by atoms with Crippen molar-refractivity contribution < 1.29 is 19.5 Å². The summed E-state index contributed by atoms with van der Waals surface area (Å²) in [7, 11) is 0. The average molecular weight is 295 g/mol. The smallest absolute Gasteiger partial charge is 0.331 e. The van der Waals surface area contributed by atoms with E-state index in [2.05, 4.69) is 15.5 Å². The third-order valence-corrected chi connectivity index (χ3v) is 4.07. The number of carbonyl (C=O) groups is 3. The van der Waals surface area contributed by atoms with Gasteiger partial charge in [0.15, 0.2) is 0 Å². The van der Waals surface area contributed by atoms with Crippen LogP contribution in [-0.4, -0.2) is 53.1 Å². The van der Waals surface area contributed by atoms with Crippen LogP contribution in [0.5, 0.6) is 0 Å². The van der Waals surface area contributed by atoms with Gasteiger partial charge in [0.2, 0.25) is 0 Å². The van der Waals surface area contributed by atoms with E-state index in [1.165, 1.54) is 26.7 Å². The highest BCUT2D eigenvalue weighted by Gasteiger charge is 2.34. The molecular formula is C14H21N3O4. The Bertz CT molecular complexity index is 496. The van der Waals surface area contributed by atoms with Gasteiger partial charge < -0.3 is 10.4 Å². The molecule has 0 aromatic heterocycles. The number of hydrogen-bond donors (Lipinski definition) is 3. The molecule has 1 saturated heterocycles. The normalized spacial score (nSPS) is 23.4. The fourth-order valence-corrected chi connectivity index (χ4v) is 2.43. The summed E-state index contributed by atoms with van der Waals surface area (Å²) in [6.45, 7) is 4.51. The van der Waals surface area contributed by atoms with Gasteiger partial charge in [0.25, 0.3) is 5.91 Å². The van der Waals surface area contributed by atoms with Gasteiger partial charge in [-0.1, -0.05) is 0 Å². The second-order valence-corrected chi connectivity index (χ2v) is 5.69. The minimum absolute atomic E-state index is 0.0312. The lowest BCUT2D eigenvalue weighted by molar-refractivity contribution is -0.133. The number of amides is 3. The van der Waals surface area contributed by atoms with Crippen molar-refractivity contribution in [1.29, 1.82) is 0 Å². The molecule has 116 valence electrons. The monoisotopic (exact) mass is 295 g/mol. The number of carbonyl (C=O) groups excluding carboxylic acids is 2. The van der Waals surface area contributed by atoms with E-state index >= 15 is 0 Å². The number of likely N-dealkylation sites (tertiary alicyclic amines) is 1. The summed E-state index contributed by atoms with van der Waals surface area (Å²) < 4.78 is 0. The first-order valence-corrected chi connectivity index (χ1v) is 7.15. The Kier molecular flexibility index (Phi) is 4.62. The van der Waals surface area contributed by atoms with E-state index < -0.39 is 17.9 Å². The van der Waals surface area contributed by atoms with E-state index in [9.17, 15) is 14.4 Å². The number of imide groups is 1. The second-order valence-electron chi connectivity index (χ2n) is 5.69. The fourth-order valence-electron chi connectivity index (χ4n) is 2.43. The van der Waals surface area contributed by atoms with Crippen LogP contribution in [-0.2, 0) is 9.59 Å². The highest BCUT2D eigenvalue weighted by atomic mass is 16.4. The Hall–Kier alpha value is -1.89. The molecular weight excluding hydrogens is 274 g/mol. The van der Waals surface area contributed by atoms with Crippen LogP contribution in [0.4, 0.5) is 4.79 Å². The Morgan fingerprint density at radius 1 is 1.10 bits per heavy atom. The minimum atomic E-state index is -1.17. The summed E-state index contributed by atoms with van der Waals surface area (Å²) >= 11 is 0. The number of nitrogens with one attached hydrogen (secondary N) is 2. The van der Waals surface area contributed by atoms with Crippen LogP contribution >= 0.6 is 0 Å². The predicted molar refractivity (Wildman–Crippen MR) is 75.7 cm³/mol. The van der Waals surface area contributed by atoms with E-state index in [0.29, 0.717) is 6.04 Å². The topological polar surface area (TPSA) is 98.7 Å². The van der Waals surface area contributed by atoms with Gasteiger partial charge >= 0.3 is 12.0 Å². The van der Waals surface area contributed by atoms with E-state index in [1.807, 2.05) is 0 Å². The van der Waals surface area contributed by atoms with E-state index in [4.69, 9.17) is 5.11 Å². The number of aliphatic carboxylic acids is 1. The van der Waals surface area contributed by atoms with Crippen molar-refractivity contribution in [3.8, 4) is 0 Å². The molecule has 2 fully saturated rings. The molecule has 21 heavy (non-hydrogen) atoms. The zero-order valence-corrected chi connectivity index (χ0v) is 12.3. The second kappa shape index (κ2) is 6.26. The average Bonchev–Trinajstić information content (AvgIpc) is 3.17. The van der Waals surface area contributed by atoms with Crippen molar-refractivity contribution in [2.75, 3.05) is 13.1 Å². The first-order valence-electron chi connectivity index (χ1n) is 7.15. The van der Waals surface area contributed by atoms with Crippen LogP contribution in [0, 0.1) is 0 Å². The molecule has 0 radical (unpaired) electrons. The minimum Gasteiger partial charge on any atom is -0.478 e. The van der Waals surface area contributed by atoms with Gasteiger partial charge in [0.05, 0.1) is 0 Å². The van der Waals surface area contributed by atoms with E-state index in [1.54, 1.807) is 0 Å². The molecule has 2 rings (SSSR count). The van der Waals surface area contributed by atoms with Crippen LogP contribution < -0.4 is 10.6 Å². The molecule has 1 saturated carbocycles. The molecule has 7 nitrogen and oxygen atoms in total. The summed E-state index contributed by atoms with van der Waals surface area (Å²) in [6.07, 6.45) is 3.34. The van der Waals surface area contributed by atoms with Crippen molar-refractivity contribution >= 4 is 17.9 Å². The molecule has 1 aliphatic heterocycles. The van der Waals surface area contributed by atoms with Crippen LogP contribution in [0.25, 0.3) is 0 Å². The summed E-state index contributed by atoms with van der Waals surface area (Å²) in [5.41, 5.74) is -0.0373. The van der Waals surface area contributed by atoms with Crippen LogP contribution in [0.1, 0.15) is 33.1 Å². The zero-order valence-electron chi connectivity index (χ0n) is 12.3. The first kappa shape index (κ1) is 15.5. The number of carboxylic acids is 1. The van der Waals surface area contributed by atoms with Gasteiger partial charge in [-0.3, -0.25) is 15.0 Å². The molecule has 1 heterocycles. The summed E-state index contributed by atoms with van der Waals surface area (Å²) in [5.74, 6) is -1.84. The molecule has 1 atom stereocenters. The van der Waals surface area contributed by atoms with Gasteiger partial charge in [-0.15, -0.1) is 0 Å². The summed E-state index contributed by atoms with van der Waals surface area (Å²) in [4.78, 5) is 36.6. The van der Waals surface area contributed by atoms with Crippen LogP contribution in [0.3, 0.4) is 0 Å². The lowest BCUT2D eigenvalue weighted by Gasteiger charge is -2.16. The Labute approximate surface area is 123 Å². The quantitative estimate of drug-likeness (QED) is 0.655. The summed E-state index contributed by atoms with van der Waals surface area (Å²) in [6, 6.07) is 0.147. The lowest BCUT2D eigenvalue weighted by atomic mass is 10.1. The summed E-state index contributed by atoms with van der Waals surface area (Å²) in [5, 5.41) is 13.7. The van der Waals surface area contributed by atoms with Crippen molar-refractivity contribution in [3.63, 3.8) is 0 Å². The van der Waals surface area contributed by atoms with E-state index in [-0.39, 0.29) is 17.2 Å². The molecule has 0 aromatic rings. The molecule has 0 bridgehead atoms. The molecule has 1 aliphatic carbocycles. The molecule has 2 aliphatic rings. The zero-order chi connectivity index (χ0) is 15.6. The maximum Gasteiger partial charge on any atom is 0.331 e. The third-order valence-electron chi connectivity index (χ3n) is 4.07. The highest BCUT2D eigenvalue weighted by molar-refractivity contribution is 6.07. The number of carboxylic acid groups (broad SMARTS) is 1. The molecule has 1 unspecified atom stereocenters. The van der Waals surface area contributed by atoms with Crippen LogP contribution in [0.15, 0.2) is 11.1 Å². The SMILES string of the molecule is CC(C(=O)O)=C(C)C(=O)NC(=O)NC1CCN(C2CC2)C1. The van der Waals surface area contributed by atoms with Crippen molar-refractivity contribution in [1.82, 2.24) is 15.5 Å². The lowest BCUT2D eigenvalue weighted by Crippen LogP contribution is -2.46.